The number of ether oxygens (including phenoxy) is 1. The van der Waals surface area contributed by atoms with Crippen LogP contribution in [0, 0.1) is 6.92 Å². The quantitative estimate of drug-likeness (QED) is 0.263. The average molecular weight is 450 g/mol. The standard InChI is InChI=1S/C25H27N3O3S/c1-4-5-9-14-28-22-17(2)19(12-13-21(22)32-25(28)30)23(29)20-15-26-27(3)24(20)31-16-18-10-7-6-8-11-18/h6-8,10-13,15H,4-5,9,14,16H2,1-3H3. The van der Waals surface area contributed by atoms with Crippen molar-refractivity contribution in [2.45, 2.75) is 46.3 Å². The summed E-state index contributed by atoms with van der Waals surface area (Å²) >= 11 is 1.24. The van der Waals surface area contributed by atoms with Gasteiger partial charge in [-0.3, -0.25) is 14.2 Å². The Balaban J connectivity index is 1.68. The molecule has 0 aliphatic carbocycles. The van der Waals surface area contributed by atoms with E-state index in [4.69, 9.17) is 4.74 Å². The van der Waals surface area contributed by atoms with Gasteiger partial charge in [0.1, 0.15) is 12.2 Å². The lowest BCUT2D eigenvalue weighted by atomic mass is 10.00. The molecule has 7 heteroatoms. The number of fused-ring (bicyclic) bond motifs is 1. The summed E-state index contributed by atoms with van der Waals surface area (Å²) in [5.41, 5.74) is 3.68. The normalized spacial score (nSPS) is 11.2. The first kappa shape index (κ1) is 22.0. The van der Waals surface area contributed by atoms with Gasteiger partial charge in [-0.05, 0) is 36.6 Å². The Hall–Kier alpha value is -3.19. The number of unbranched alkanes of at least 4 members (excludes halogenated alkanes) is 2. The molecular weight excluding hydrogens is 422 g/mol. The fourth-order valence-electron chi connectivity index (χ4n) is 3.93. The van der Waals surface area contributed by atoms with Crippen LogP contribution in [0.1, 0.15) is 53.2 Å². The predicted octanol–water partition coefficient (Wildman–Crippen LogP) is 5.11. The maximum atomic E-state index is 13.5. The van der Waals surface area contributed by atoms with Crippen molar-refractivity contribution in [2.75, 3.05) is 0 Å². The average Bonchev–Trinajstić information content (AvgIpc) is 3.32. The van der Waals surface area contributed by atoms with Crippen LogP contribution < -0.4 is 9.61 Å². The lowest BCUT2D eigenvalue weighted by molar-refractivity contribution is 0.103. The van der Waals surface area contributed by atoms with Gasteiger partial charge >= 0.3 is 4.87 Å². The molecule has 0 N–H and O–H groups in total. The van der Waals surface area contributed by atoms with Crippen LogP contribution in [-0.2, 0) is 20.2 Å². The van der Waals surface area contributed by atoms with Crippen molar-refractivity contribution < 1.29 is 9.53 Å². The van der Waals surface area contributed by atoms with Crippen molar-refractivity contribution >= 4 is 27.3 Å². The number of rotatable bonds is 9. The first-order valence-electron chi connectivity index (χ1n) is 10.9. The predicted molar refractivity (Wildman–Crippen MR) is 128 cm³/mol. The number of carbonyl (C=O) groups excluding carboxylic acids is 1. The van der Waals surface area contributed by atoms with Crippen molar-refractivity contribution in [3.8, 4) is 5.88 Å². The molecule has 0 fully saturated rings. The molecular formula is C25H27N3O3S. The molecule has 0 radical (unpaired) electrons. The fourth-order valence-corrected chi connectivity index (χ4v) is 4.90. The van der Waals surface area contributed by atoms with Crippen LogP contribution in [0.4, 0.5) is 0 Å². The molecule has 6 nitrogen and oxygen atoms in total. The maximum absolute atomic E-state index is 13.5. The van der Waals surface area contributed by atoms with Gasteiger partial charge in [0, 0.05) is 19.2 Å². The molecule has 0 spiro atoms. The van der Waals surface area contributed by atoms with Gasteiger partial charge in [-0.2, -0.15) is 5.10 Å². The first-order chi connectivity index (χ1) is 15.5. The van der Waals surface area contributed by atoms with Crippen LogP contribution in [0.25, 0.3) is 10.2 Å². The van der Waals surface area contributed by atoms with E-state index in [1.807, 2.05) is 47.9 Å². The Morgan fingerprint density at radius 3 is 2.62 bits per heavy atom. The van der Waals surface area contributed by atoms with E-state index in [0.717, 1.165) is 40.6 Å². The fraction of sp³-hybridized carbons (Fsp3) is 0.320. The lowest BCUT2D eigenvalue weighted by Gasteiger charge is -2.11. The second-order valence-electron chi connectivity index (χ2n) is 7.90. The highest BCUT2D eigenvalue weighted by atomic mass is 32.1. The Bertz CT molecular complexity index is 1300. The summed E-state index contributed by atoms with van der Waals surface area (Å²) in [6, 6.07) is 13.5. The lowest BCUT2D eigenvalue weighted by Crippen LogP contribution is -2.14. The molecule has 2 heterocycles. The van der Waals surface area contributed by atoms with Crippen molar-refractivity contribution in [1.29, 1.82) is 0 Å². The summed E-state index contributed by atoms with van der Waals surface area (Å²) in [5, 5.41) is 4.26. The number of hydrogen-bond donors (Lipinski definition) is 0. The van der Waals surface area contributed by atoms with Crippen LogP contribution >= 0.6 is 11.3 Å². The second-order valence-corrected chi connectivity index (χ2v) is 8.90. The van der Waals surface area contributed by atoms with Crippen molar-refractivity contribution in [3.63, 3.8) is 0 Å². The highest BCUT2D eigenvalue weighted by molar-refractivity contribution is 7.16. The molecule has 4 rings (SSSR count). The van der Waals surface area contributed by atoms with Crippen LogP contribution in [0.3, 0.4) is 0 Å². The molecule has 2 aromatic heterocycles. The minimum absolute atomic E-state index is 0.0251. The van der Waals surface area contributed by atoms with E-state index in [1.54, 1.807) is 24.0 Å². The van der Waals surface area contributed by atoms with Gasteiger partial charge in [0.15, 0.2) is 5.78 Å². The number of ketones is 1. The first-order valence-corrected chi connectivity index (χ1v) is 11.7. The van der Waals surface area contributed by atoms with E-state index < -0.39 is 0 Å². The SMILES string of the molecule is CCCCCn1c(=O)sc2ccc(C(=O)c3cnn(C)c3OCc3ccccc3)c(C)c21. The zero-order valence-electron chi connectivity index (χ0n) is 18.6. The summed E-state index contributed by atoms with van der Waals surface area (Å²) in [4.78, 5) is 26.1. The third-order valence-corrected chi connectivity index (χ3v) is 6.60. The Morgan fingerprint density at radius 1 is 1.09 bits per heavy atom. The number of nitrogens with zero attached hydrogens (tertiary/aromatic N) is 3. The molecule has 0 amide bonds. The van der Waals surface area contributed by atoms with Crippen LogP contribution in [-0.4, -0.2) is 20.1 Å². The summed E-state index contributed by atoms with van der Waals surface area (Å²) in [5.74, 6) is 0.281. The number of thiazole rings is 1. The molecule has 0 aliphatic rings. The number of benzene rings is 2. The smallest absolute Gasteiger partial charge is 0.308 e. The highest BCUT2D eigenvalue weighted by Crippen LogP contribution is 2.29. The number of aromatic nitrogens is 3. The van der Waals surface area contributed by atoms with Gasteiger partial charge in [-0.1, -0.05) is 61.4 Å². The van der Waals surface area contributed by atoms with Crippen molar-refractivity contribution in [3.05, 3.63) is 80.6 Å². The molecule has 0 saturated heterocycles. The number of aryl methyl sites for hydroxylation is 3. The third kappa shape index (κ3) is 4.25. The molecule has 0 aliphatic heterocycles. The van der Waals surface area contributed by atoms with Gasteiger partial charge in [0.05, 0.1) is 16.4 Å². The summed E-state index contributed by atoms with van der Waals surface area (Å²) in [7, 11) is 1.76. The van der Waals surface area contributed by atoms with E-state index in [0.29, 0.717) is 30.2 Å². The summed E-state index contributed by atoms with van der Waals surface area (Å²) in [6.07, 6.45) is 4.65. The Kier molecular flexibility index (Phi) is 6.55. The van der Waals surface area contributed by atoms with Gasteiger partial charge in [-0.15, -0.1) is 0 Å². The molecule has 2 aromatic carbocycles. The minimum atomic E-state index is -0.153. The largest absolute Gasteiger partial charge is 0.472 e. The van der Waals surface area contributed by atoms with Crippen molar-refractivity contribution in [1.82, 2.24) is 14.3 Å². The van der Waals surface area contributed by atoms with Gasteiger partial charge in [0.25, 0.3) is 0 Å². The molecule has 0 saturated carbocycles. The molecule has 4 aromatic rings. The zero-order valence-corrected chi connectivity index (χ0v) is 19.4. The Labute approximate surface area is 191 Å². The number of carbonyl (C=O) groups is 1. The second kappa shape index (κ2) is 9.53. The number of hydrogen-bond acceptors (Lipinski definition) is 5. The molecule has 0 bridgehead atoms. The van der Waals surface area contributed by atoms with E-state index in [1.165, 1.54) is 11.3 Å². The highest BCUT2D eigenvalue weighted by Gasteiger charge is 2.23. The van der Waals surface area contributed by atoms with E-state index in [2.05, 4.69) is 12.0 Å². The van der Waals surface area contributed by atoms with Crippen molar-refractivity contribution in [2.24, 2.45) is 7.05 Å². The zero-order chi connectivity index (χ0) is 22.7. The molecule has 166 valence electrons. The summed E-state index contributed by atoms with van der Waals surface area (Å²) in [6.45, 7) is 5.07. The van der Waals surface area contributed by atoms with Gasteiger partial charge < -0.3 is 4.74 Å². The minimum Gasteiger partial charge on any atom is -0.472 e. The molecule has 0 atom stereocenters. The van der Waals surface area contributed by atoms with E-state index in [-0.39, 0.29) is 10.7 Å². The molecule has 0 unspecified atom stereocenters. The monoisotopic (exact) mass is 449 g/mol. The Morgan fingerprint density at radius 2 is 1.88 bits per heavy atom. The summed E-state index contributed by atoms with van der Waals surface area (Å²) < 4.78 is 10.3. The maximum Gasteiger partial charge on any atom is 0.308 e. The van der Waals surface area contributed by atoms with Gasteiger partial charge in [-0.25, -0.2) is 4.68 Å². The topological polar surface area (TPSA) is 66.1 Å². The van der Waals surface area contributed by atoms with Gasteiger partial charge in [0.2, 0.25) is 5.88 Å². The van der Waals surface area contributed by atoms with Crippen LogP contribution in [0.15, 0.2) is 53.5 Å². The molecule has 32 heavy (non-hydrogen) atoms. The van der Waals surface area contributed by atoms with E-state index >= 15 is 0 Å². The third-order valence-electron chi connectivity index (χ3n) is 5.66. The van der Waals surface area contributed by atoms with Crippen LogP contribution in [0.2, 0.25) is 0 Å². The van der Waals surface area contributed by atoms with E-state index in [9.17, 15) is 9.59 Å². The van der Waals surface area contributed by atoms with Crippen LogP contribution in [0.5, 0.6) is 5.88 Å².